The molecule has 0 aliphatic rings. The molecule has 1 aromatic rings. The van der Waals surface area contributed by atoms with E-state index in [1.807, 2.05) is 0 Å². The normalized spacial score (nSPS) is 12.6. The van der Waals surface area contributed by atoms with Crippen LogP contribution in [0.5, 0.6) is 0 Å². The van der Waals surface area contributed by atoms with Crippen molar-refractivity contribution in [3.63, 3.8) is 0 Å². The first kappa shape index (κ1) is 17.0. The van der Waals surface area contributed by atoms with Crippen LogP contribution >= 0.6 is 0 Å². The second-order valence-electron chi connectivity index (χ2n) is 3.88. The maximum Gasteiger partial charge on any atom is 0.240 e. The number of nitrogens with two attached hydrogens (primary N) is 1. The van der Waals surface area contributed by atoms with Crippen LogP contribution in [0, 0.1) is 5.82 Å². The summed E-state index contributed by atoms with van der Waals surface area (Å²) < 4.78 is 63.5. The van der Waals surface area contributed by atoms with E-state index in [4.69, 9.17) is 5.73 Å². The highest BCUT2D eigenvalue weighted by Gasteiger charge is 2.17. The fourth-order valence-corrected chi connectivity index (χ4v) is 3.16. The Hall–Kier alpha value is -1.07. The van der Waals surface area contributed by atoms with Gasteiger partial charge in [0.25, 0.3) is 0 Å². The van der Waals surface area contributed by atoms with E-state index in [-0.39, 0.29) is 23.5 Å². The van der Waals surface area contributed by atoms with Gasteiger partial charge in [0.15, 0.2) is 0 Å². The maximum atomic E-state index is 13.2. The number of sulfonamides is 2. The molecule has 0 unspecified atom stereocenters. The highest BCUT2D eigenvalue weighted by Crippen LogP contribution is 2.14. The first-order chi connectivity index (χ1) is 9.22. The molecule has 7 nitrogen and oxygen atoms in total. The lowest BCUT2D eigenvalue weighted by atomic mass is 10.2. The molecule has 0 saturated carbocycles. The van der Waals surface area contributed by atoms with Crippen LogP contribution in [0.1, 0.15) is 5.56 Å². The predicted molar refractivity (Wildman–Crippen MR) is 72.3 cm³/mol. The van der Waals surface area contributed by atoms with Gasteiger partial charge in [-0.3, -0.25) is 0 Å². The molecule has 0 fully saturated rings. The van der Waals surface area contributed by atoms with E-state index in [1.165, 1.54) is 7.05 Å². The van der Waals surface area contributed by atoms with E-state index >= 15 is 0 Å². The van der Waals surface area contributed by atoms with E-state index in [0.717, 1.165) is 18.2 Å². The molecule has 0 spiro atoms. The zero-order valence-corrected chi connectivity index (χ0v) is 12.4. The monoisotopic (exact) mass is 325 g/mol. The molecule has 0 atom stereocenters. The van der Waals surface area contributed by atoms with Crippen molar-refractivity contribution in [2.45, 2.75) is 11.4 Å². The number of hydrogen-bond donors (Lipinski definition) is 3. The molecule has 4 N–H and O–H groups in total. The second kappa shape index (κ2) is 6.59. The summed E-state index contributed by atoms with van der Waals surface area (Å²) in [5, 5.41) is 0. The Bertz CT molecular complexity index is 674. The zero-order chi connectivity index (χ0) is 15.4. The summed E-state index contributed by atoms with van der Waals surface area (Å²) >= 11 is 0. The van der Waals surface area contributed by atoms with E-state index in [9.17, 15) is 21.2 Å². The van der Waals surface area contributed by atoms with Crippen molar-refractivity contribution in [3.05, 3.63) is 29.6 Å². The summed E-state index contributed by atoms with van der Waals surface area (Å²) in [6.07, 6.45) is 0. The molecular weight excluding hydrogens is 309 g/mol. The van der Waals surface area contributed by atoms with E-state index < -0.39 is 31.6 Å². The van der Waals surface area contributed by atoms with Crippen LogP contribution < -0.4 is 15.2 Å². The molecule has 0 heterocycles. The zero-order valence-electron chi connectivity index (χ0n) is 10.8. The second-order valence-corrected chi connectivity index (χ2v) is 7.69. The van der Waals surface area contributed by atoms with Gasteiger partial charge >= 0.3 is 0 Å². The van der Waals surface area contributed by atoms with Crippen LogP contribution in [0.4, 0.5) is 4.39 Å². The maximum absolute atomic E-state index is 13.2. The Kier molecular flexibility index (Phi) is 5.59. The van der Waals surface area contributed by atoms with Crippen molar-refractivity contribution >= 4 is 20.0 Å². The molecule has 1 rings (SSSR count). The van der Waals surface area contributed by atoms with Crippen molar-refractivity contribution in [2.75, 3.05) is 19.3 Å². The largest absolute Gasteiger partial charge is 0.326 e. The topological polar surface area (TPSA) is 118 Å². The molecule has 0 aromatic heterocycles. The molecule has 0 saturated heterocycles. The molecule has 0 aliphatic heterocycles. The number of halogens is 1. The van der Waals surface area contributed by atoms with E-state index in [0.29, 0.717) is 0 Å². The lowest BCUT2D eigenvalue weighted by molar-refractivity contribution is 0.577. The fraction of sp³-hybridized carbons (Fsp3) is 0.400. The van der Waals surface area contributed by atoms with Crippen molar-refractivity contribution in [2.24, 2.45) is 5.73 Å². The van der Waals surface area contributed by atoms with E-state index in [1.54, 1.807) is 0 Å². The van der Waals surface area contributed by atoms with Gasteiger partial charge in [0.05, 0.1) is 10.6 Å². The van der Waals surface area contributed by atoms with Crippen molar-refractivity contribution in [1.29, 1.82) is 0 Å². The predicted octanol–water partition coefficient (Wildman–Crippen LogP) is -0.888. The van der Waals surface area contributed by atoms with Crippen LogP contribution in [0.3, 0.4) is 0 Å². The van der Waals surface area contributed by atoms with Gasteiger partial charge in [-0.05, 0) is 25.2 Å². The van der Waals surface area contributed by atoms with Gasteiger partial charge < -0.3 is 5.73 Å². The molecular formula is C10H16FN3O4S2. The quantitative estimate of drug-likeness (QED) is 0.601. The molecule has 0 aliphatic carbocycles. The lowest BCUT2D eigenvalue weighted by Crippen LogP contribution is -2.33. The molecule has 0 bridgehead atoms. The first-order valence-corrected chi connectivity index (χ1v) is 8.75. The first-order valence-electron chi connectivity index (χ1n) is 5.61. The van der Waals surface area contributed by atoms with Gasteiger partial charge in [0, 0.05) is 18.7 Å². The van der Waals surface area contributed by atoms with Crippen LogP contribution in [0.2, 0.25) is 0 Å². The molecule has 114 valence electrons. The number of hydrogen-bond acceptors (Lipinski definition) is 5. The Morgan fingerprint density at radius 3 is 2.45 bits per heavy atom. The average molecular weight is 325 g/mol. The highest BCUT2D eigenvalue weighted by atomic mass is 32.2. The van der Waals surface area contributed by atoms with Crippen molar-refractivity contribution in [3.8, 4) is 0 Å². The Labute approximate surface area is 117 Å². The van der Waals surface area contributed by atoms with E-state index in [2.05, 4.69) is 9.44 Å². The number of nitrogens with one attached hydrogen (secondary N) is 2. The molecule has 0 amide bonds. The van der Waals surface area contributed by atoms with Crippen molar-refractivity contribution in [1.82, 2.24) is 9.44 Å². The summed E-state index contributed by atoms with van der Waals surface area (Å²) in [6.45, 7) is -0.426. The Morgan fingerprint density at radius 2 is 1.90 bits per heavy atom. The van der Waals surface area contributed by atoms with Gasteiger partial charge in [0.1, 0.15) is 5.82 Å². The van der Waals surface area contributed by atoms with Gasteiger partial charge in [-0.25, -0.2) is 30.7 Å². The van der Waals surface area contributed by atoms with Crippen molar-refractivity contribution < 1.29 is 21.2 Å². The summed E-state index contributed by atoms with van der Waals surface area (Å²) in [6, 6.07) is 3.20. The number of benzene rings is 1. The molecule has 20 heavy (non-hydrogen) atoms. The minimum Gasteiger partial charge on any atom is -0.326 e. The number of rotatable bonds is 7. The molecule has 0 radical (unpaired) electrons. The van der Waals surface area contributed by atoms with Gasteiger partial charge in [-0.15, -0.1) is 0 Å². The third kappa shape index (κ3) is 4.49. The Morgan fingerprint density at radius 1 is 1.25 bits per heavy atom. The van der Waals surface area contributed by atoms with Crippen LogP contribution in [0.15, 0.2) is 23.1 Å². The summed E-state index contributed by atoms with van der Waals surface area (Å²) in [4.78, 5) is -0.166. The molecule has 10 heteroatoms. The van der Waals surface area contributed by atoms with Gasteiger partial charge in [-0.1, -0.05) is 0 Å². The van der Waals surface area contributed by atoms with Crippen LogP contribution in [-0.4, -0.2) is 36.2 Å². The SMILES string of the molecule is CNS(=O)(=O)CCNS(=O)(=O)c1ccc(F)c(CN)c1. The minimum atomic E-state index is -3.90. The fourth-order valence-electron chi connectivity index (χ4n) is 1.37. The van der Waals surface area contributed by atoms with Gasteiger partial charge in [-0.2, -0.15) is 0 Å². The summed E-state index contributed by atoms with van der Waals surface area (Å²) in [5.41, 5.74) is 5.36. The summed E-state index contributed by atoms with van der Waals surface area (Å²) in [5.74, 6) is -0.988. The minimum absolute atomic E-state index is 0.0655. The van der Waals surface area contributed by atoms with Crippen LogP contribution in [0.25, 0.3) is 0 Å². The standard InChI is InChI=1S/C10H16FN3O4S2/c1-13-19(15,16)5-4-14-20(17,18)9-2-3-10(11)8(6-9)7-12/h2-3,6,13-14H,4-5,7,12H2,1H3. The highest BCUT2D eigenvalue weighted by molar-refractivity contribution is 7.90. The summed E-state index contributed by atoms with van der Waals surface area (Å²) in [7, 11) is -6.17. The van der Waals surface area contributed by atoms with Crippen LogP contribution in [-0.2, 0) is 26.6 Å². The smallest absolute Gasteiger partial charge is 0.240 e. The third-order valence-electron chi connectivity index (χ3n) is 2.52. The average Bonchev–Trinajstić information content (AvgIpc) is 2.38. The Balaban J connectivity index is 2.84. The third-order valence-corrected chi connectivity index (χ3v) is 5.34. The van der Waals surface area contributed by atoms with Gasteiger partial charge in [0.2, 0.25) is 20.0 Å². The molecule has 1 aromatic carbocycles. The lowest BCUT2D eigenvalue weighted by Gasteiger charge is -2.08.